The zero-order valence-electron chi connectivity index (χ0n) is 18.2. The van der Waals surface area contributed by atoms with Crippen LogP contribution in [0.4, 0.5) is 10.5 Å². The molecule has 0 aliphatic heterocycles. The van der Waals surface area contributed by atoms with E-state index in [9.17, 15) is 14.4 Å². The average molecular weight is 526 g/mol. The number of halogens is 3. The van der Waals surface area contributed by atoms with E-state index in [0.717, 1.165) is 5.01 Å². The lowest BCUT2D eigenvalue weighted by Crippen LogP contribution is -2.43. The van der Waals surface area contributed by atoms with Crippen molar-refractivity contribution in [3.63, 3.8) is 0 Å². The van der Waals surface area contributed by atoms with Gasteiger partial charge in [-0.1, -0.05) is 34.8 Å². The molecule has 3 aromatic rings. The van der Waals surface area contributed by atoms with E-state index in [4.69, 9.17) is 39.5 Å². The molecule has 1 aromatic carbocycles. The number of pyridine rings is 1. The molecule has 0 saturated carbocycles. The summed E-state index contributed by atoms with van der Waals surface area (Å²) in [4.78, 5) is 42.1. The lowest BCUT2D eigenvalue weighted by atomic mass is 10.1. The molecule has 3 amide bonds. The van der Waals surface area contributed by atoms with Gasteiger partial charge in [0, 0.05) is 18.3 Å². The third kappa shape index (κ3) is 5.58. The lowest BCUT2D eigenvalue weighted by Gasteiger charge is -2.20. The number of aromatic nitrogens is 3. The Kier molecular flexibility index (Phi) is 7.98. The standard InChI is InChI=1S/C21H19Cl3N6O4/c1-4-34-21(33)28-29(3)20(32)13-9-12(22)10-15(24)17(13)26-19(31)16-8-11(2)27-30(16)18-14(23)6-5-7-25-18/h5-10H,4H2,1-3H3,(H,26,31)(H,28,33). The summed E-state index contributed by atoms with van der Waals surface area (Å²) in [6, 6.07) is 7.47. The highest BCUT2D eigenvalue weighted by molar-refractivity contribution is 6.38. The highest BCUT2D eigenvalue weighted by Gasteiger charge is 2.25. The molecule has 0 bridgehead atoms. The minimum atomic E-state index is -0.830. The molecule has 0 saturated heterocycles. The van der Waals surface area contributed by atoms with E-state index in [1.54, 1.807) is 26.0 Å². The van der Waals surface area contributed by atoms with Crippen LogP contribution in [0.2, 0.25) is 15.1 Å². The smallest absolute Gasteiger partial charge is 0.426 e. The first-order valence-corrected chi connectivity index (χ1v) is 10.9. The maximum absolute atomic E-state index is 13.2. The van der Waals surface area contributed by atoms with Crippen LogP contribution in [-0.2, 0) is 4.74 Å². The van der Waals surface area contributed by atoms with E-state index in [-0.39, 0.29) is 44.4 Å². The number of aryl methyl sites for hydroxylation is 1. The van der Waals surface area contributed by atoms with Crippen LogP contribution in [-0.4, -0.2) is 51.3 Å². The number of nitrogens with one attached hydrogen (secondary N) is 2. The van der Waals surface area contributed by atoms with Crippen molar-refractivity contribution in [2.24, 2.45) is 0 Å². The summed E-state index contributed by atoms with van der Waals surface area (Å²) in [5.41, 5.74) is 2.80. The molecule has 0 atom stereocenters. The largest absolute Gasteiger partial charge is 0.449 e. The van der Waals surface area contributed by atoms with Gasteiger partial charge in [-0.05, 0) is 44.2 Å². The summed E-state index contributed by atoms with van der Waals surface area (Å²) in [7, 11) is 1.31. The SMILES string of the molecule is CCOC(=O)NN(C)C(=O)c1cc(Cl)cc(Cl)c1NC(=O)c1cc(C)nn1-c1ncccc1Cl. The molecular formula is C21H19Cl3N6O4. The molecule has 13 heteroatoms. The van der Waals surface area contributed by atoms with Crippen molar-refractivity contribution in [1.82, 2.24) is 25.2 Å². The normalized spacial score (nSPS) is 10.5. The van der Waals surface area contributed by atoms with Crippen LogP contribution in [0.5, 0.6) is 0 Å². The van der Waals surface area contributed by atoms with Gasteiger partial charge in [0.1, 0.15) is 5.69 Å². The van der Waals surface area contributed by atoms with Crippen molar-refractivity contribution in [2.75, 3.05) is 19.0 Å². The monoisotopic (exact) mass is 524 g/mol. The Hall–Kier alpha value is -3.34. The maximum Gasteiger partial charge on any atom is 0.426 e. The van der Waals surface area contributed by atoms with Crippen LogP contribution in [0.15, 0.2) is 36.5 Å². The lowest BCUT2D eigenvalue weighted by molar-refractivity contribution is 0.0674. The zero-order chi connectivity index (χ0) is 25.0. The second-order valence-corrected chi connectivity index (χ2v) is 8.10. The summed E-state index contributed by atoms with van der Waals surface area (Å²) in [6.07, 6.45) is 0.683. The molecule has 0 spiro atoms. The van der Waals surface area contributed by atoms with Crippen molar-refractivity contribution >= 4 is 58.4 Å². The number of hydrogen-bond donors (Lipinski definition) is 2. The van der Waals surface area contributed by atoms with Crippen molar-refractivity contribution in [3.8, 4) is 5.82 Å². The number of carbonyl (C=O) groups excluding carboxylic acids is 3. The first kappa shape index (κ1) is 25.3. The highest BCUT2D eigenvalue weighted by atomic mass is 35.5. The predicted octanol–water partition coefficient (Wildman–Crippen LogP) is 4.52. The van der Waals surface area contributed by atoms with Gasteiger partial charge in [0.05, 0.1) is 33.6 Å². The Bertz CT molecular complexity index is 1260. The number of amides is 3. The molecule has 2 heterocycles. The molecule has 34 heavy (non-hydrogen) atoms. The topological polar surface area (TPSA) is 118 Å². The van der Waals surface area contributed by atoms with Crippen LogP contribution < -0.4 is 10.7 Å². The van der Waals surface area contributed by atoms with Crippen LogP contribution in [0.1, 0.15) is 33.5 Å². The molecule has 3 rings (SSSR count). The average Bonchev–Trinajstić information content (AvgIpc) is 3.16. The van der Waals surface area contributed by atoms with E-state index in [0.29, 0.717) is 5.69 Å². The minimum Gasteiger partial charge on any atom is -0.449 e. The second-order valence-electron chi connectivity index (χ2n) is 6.85. The van der Waals surface area contributed by atoms with E-state index in [1.807, 2.05) is 0 Å². The second kappa shape index (κ2) is 10.7. The molecule has 0 unspecified atom stereocenters. The Morgan fingerprint density at radius 3 is 2.56 bits per heavy atom. The van der Waals surface area contributed by atoms with Gasteiger partial charge in [0.25, 0.3) is 11.8 Å². The number of carbonyl (C=O) groups is 3. The molecule has 178 valence electrons. The summed E-state index contributed by atoms with van der Waals surface area (Å²) in [6.45, 7) is 3.44. The Balaban J connectivity index is 1.97. The van der Waals surface area contributed by atoms with Crippen LogP contribution >= 0.6 is 34.8 Å². The first-order valence-electron chi connectivity index (χ1n) is 9.81. The summed E-state index contributed by atoms with van der Waals surface area (Å²) in [5.74, 6) is -1.09. The van der Waals surface area contributed by atoms with Crippen molar-refractivity contribution < 1.29 is 19.1 Å². The summed E-state index contributed by atoms with van der Waals surface area (Å²) >= 11 is 18.6. The highest BCUT2D eigenvalue weighted by Crippen LogP contribution is 2.32. The number of anilines is 1. The molecule has 2 aromatic heterocycles. The van der Waals surface area contributed by atoms with Crippen LogP contribution in [0.25, 0.3) is 5.82 Å². The van der Waals surface area contributed by atoms with Gasteiger partial charge >= 0.3 is 6.09 Å². The fraction of sp³-hybridized carbons (Fsp3) is 0.190. The van der Waals surface area contributed by atoms with Gasteiger partial charge in [0.15, 0.2) is 5.82 Å². The maximum atomic E-state index is 13.2. The van der Waals surface area contributed by atoms with Crippen LogP contribution in [0.3, 0.4) is 0 Å². The number of hydrogen-bond acceptors (Lipinski definition) is 6. The van der Waals surface area contributed by atoms with E-state index in [2.05, 4.69) is 20.8 Å². The van der Waals surface area contributed by atoms with Crippen molar-refractivity contribution in [2.45, 2.75) is 13.8 Å². The number of benzene rings is 1. The van der Waals surface area contributed by atoms with Gasteiger partial charge in [-0.15, -0.1) is 0 Å². The number of nitrogens with zero attached hydrogens (tertiary/aromatic N) is 4. The Morgan fingerprint density at radius 2 is 1.88 bits per heavy atom. The van der Waals surface area contributed by atoms with E-state index >= 15 is 0 Å². The first-order chi connectivity index (χ1) is 16.1. The van der Waals surface area contributed by atoms with E-state index in [1.165, 1.54) is 36.1 Å². The van der Waals surface area contributed by atoms with Crippen molar-refractivity contribution in [3.05, 3.63) is 68.5 Å². The number of hydrazine groups is 1. The molecule has 0 fully saturated rings. The quantitative estimate of drug-likeness (QED) is 0.473. The Morgan fingerprint density at radius 1 is 1.15 bits per heavy atom. The fourth-order valence-corrected chi connectivity index (χ4v) is 3.68. The van der Waals surface area contributed by atoms with Gasteiger partial charge in [-0.25, -0.2) is 19.9 Å². The predicted molar refractivity (Wildman–Crippen MR) is 128 cm³/mol. The van der Waals surface area contributed by atoms with Crippen molar-refractivity contribution in [1.29, 1.82) is 0 Å². The van der Waals surface area contributed by atoms with E-state index < -0.39 is 17.9 Å². The van der Waals surface area contributed by atoms with Gasteiger partial charge in [-0.3, -0.25) is 14.6 Å². The van der Waals surface area contributed by atoms with Gasteiger partial charge < -0.3 is 10.1 Å². The molecule has 10 nitrogen and oxygen atoms in total. The molecule has 0 aliphatic carbocycles. The molecule has 2 N–H and O–H groups in total. The van der Waals surface area contributed by atoms with Gasteiger partial charge in [-0.2, -0.15) is 5.10 Å². The molecular weight excluding hydrogens is 507 g/mol. The third-order valence-electron chi connectivity index (χ3n) is 4.37. The van der Waals surface area contributed by atoms with Crippen LogP contribution in [0, 0.1) is 6.92 Å². The third-order valence-corrected chi connectivity index (χ3v) is 5.18. The number of rotatable bonds is 5. The molecule has 0 radical (unpaired) electrons. The summed E-state index contributed by atoms with van der Waals surface area (Å²) < 4.78 is 6.06. The fourth-order valence-electron chi connectivity index (χ4n) is 2.93. The zero-order valence-corrected chi connectivity index (χ0v) is 20.5. The van der Waals surface area contributed by atoms with Gasteiger partial charge in [0.2, 0.25) is 0 Å². The molecule has 0 aliphatic rings. The Labute approximate surface area is 209 Å². The summed E-state index contributed by atoms with van der Waals surface area (Å²) in [5, 5.41) is 8.25. The number of ether oxygens (including phenoxy) is 1. The minimum absolute atomic E-state index is 0.00684.